The fourth-order valence-corrected chi connectivity index (χ4v) is 2.10. The highest BCUT2D eigenvalue weighted by Crippen LogP contribution is 2.24. The van der Waals surface area contributed by atoms with Crippen LogP contribution in [0.4, 0.5) is 0 Å². The maximum absolute atomic E-state index is 3.22. The zero-order chi connectivity index (χ0) is 12.4. The molecule has 1 heterocycles. The summed E-state index contributed by atoms with van der Waals surface area (Å²) in [4.78, 5) is 3.22. The number of nitrogens with one attached hydrogen (secondary N) is 1. The quantitative estimate of drug-likeness (QED) is 0.662. The van der Waals surface area contributed by atoms with E-state index in [0.717, 1.165) is 5.69 Å². The third-order valence-electron chi connectivity index (χ3n) is 3.18. The standard InChI is InChI=1S/C17H15N/c1-13-4-6-14(7-5-13)15-8-10-16(11-9-15)17-3-2-12-18-17/h2-12,18H,1H3. The second-order valence-corrected chi connectivity index (χ2v) is 4.53. The molecule has 0 aliphatic heterocycles. The number of aryl methyl sites for hydroxylation is 1. The van der Waals surface area contributed by atoms with Crippen LogP contribution in [0, 0.1) is 6.92 Å². The first-order valence-corrected chi connectivity index (χ1v) is 6.14. The Labute approximate surface area is 107 Å². The van der Waals surface area contributed by atoms with Gasteiger partial charge in [-0.2, -0.15) is 0 Å². The van der Waals surface area contributed by atoms with Crippen molar-refractivity contribution >= 4 is 0 Å². The number of rotatable bonds is 2. The average molecular weight is 233 g/mol. The van der Waals surface area contributed by atoms with Crippen LogP contribution in [0.1, 0.15) is 5.56 Å². The number of H-pyrrole nitrogens is 1. The minimum absolute atomic E-state index is 1.16. The predicted octanol–water partition coefficient (Wildman–Crippen LogP) is 4.66. The summed E-state index contributed by atoms with van der Waals surface area (Å²) in [5.74, 6) is 0. The van der Waals surface area contributed by atoms with Crippen molar-refractivity contribution in [1.29, 1.82) is 0 Å². The van der Waals surface area contributed by atoms with E-state index in [-0.39, 0.29) is 0 Å². The third-order valence-corrected chi connectivity index (χ3v) is 3.18. The molecule has 1 nitrogen and oxygen atoms in total. The monoisotopic (exact) mass is 233 g/mol. The van der Waals surface area contributed by atoms with Crippen LogP contribution < -0.4 is 0 Å². The van der Waals surface area contributed by atoms with Crippen molar-refractivity contribution in [1.82, 2.24) is 4.98 Å². The number of aromatic nitrogens is 1. The first kappa shape index (κ1) is 10.8. The van der Waals surface area contributed by atoms with Gasteiger partial charge in [-0.25, -0.2) is 0 Å². The molecule has 18 heavy (non-hydrogen) atoms. The summed E-state index contributed by atoms with van der Waals surface area (Å²) in [7, 11) is 0. The molecule has 1 N–H and O–H groups in total. The Hall–Kier alpha value is -2.28. The summed E-state index contributed by atoms with van der Waals surface area (Å²) in [5, 5.41) is 0. The second kappa shape index (κ2) is 4.53. The van der Waals surface area contributed by atoms with Crippen molar-refractivity contribution in [3.63, 3.8) is 0 Å². The van der Waals surface area contributed by atoms with E-state index in [9.17, 15) is 0 Å². The molecule has 0 bridgehead atoms. The first-order valence-electron chi connectivity index (χ1n) is 6.14. The Bertz CT molecular complexity index is 616. The van der Waals surface area contributed by atoms with Crippen LogP contribution in [-0.2, 0) is 0 Å². The van der Waals surface area contributed by atoms with Gasteiger partial charge in [0, 0.05) is 11.9 Å². The van der Waals surface area contributed by atoms with Crippen molar-refractivity contribution in [2.45, 2.75) is 6.92 Å². The number of hydrogen-bond acceptors (Lipinski definition) is 0. The first-order chi connectivity index (χ1) is 8.83. The minimum Gasteiger partial charge on any atom is -0.361 e. The van der Waals surface area contributed by atoms with Crippen LogP contribution in [0.25, 0.3) is 22.4 Å². The molecule has 0 saturated carbocycles. The van der Waals surface area contributed by atoms with Gasteiger partial charge in [0.05, 0.1) is 0 Å². The van der Waals surface area contributed by atoms with Crippen LogP contribution in [-0.4, -0.2) is 4.98 Å². The summed E-state index contributed by atoms with van der Waals surface area (Å²) >= 11 is 0. The maximum Gasteiger partial charge on any atom is 0.0453 e. The summed E-state index contributed by atoms with van der Waals surface area (Å²) < 4.78 is 0. The summed E-state index contributed by atoms with van der Waals surface area (Å²) in [6, 6.07) is 21.4. The fourth-order valence-electron chi connectivity index (χ4n) is 2.10. The topological polar surface area (TPSA) is 15.8 Å². The van der Waals surface area contributed by atoms with E-state index in [1.165, 1.54) is 22.3 Å². The minimum atomic E-state index is 1.16. The molecule has 0 unspecified atom stereocenters. The van der Waals surface area contributed by atoms with E-state index >= 15 is 0 Å². The maximum atomic E-state index is 3.22. The van der Waals surface area contributed by atoms with Gasteiger partial charge in [-0.3, -0.25) is 0 Å². The zero-order valence-electron chi connectivity index (χ0n) is 10.4. The Kier molecular flexibility index (Phi) is 2.73. The number of aromatic amines is 1. The summed E-state index contributed by atoms with van der Waals surface area (Å²) in [6.45, 7) is 2.11. The summed E-state index contributed by atoms with van der Waals surface area (Å²) in [5.41, 5.74) is 6.19. The van der Waals surface area contributed by atoms with E-state index in [1.54, 1.807) is 0 Å². The molecule has 0 aliphatic rings. The van der Waals surface area contributed by atoms with E-state index in [4.69, 9.17) is 0 Å². The Morgan fingerprint density at radius 2 is 1.22 bits per heavy atom. The highest BCUT2D eigenvalue weighted by Gasteiger charge is 2.00. The molecular formula is C17H15N. The molecule has 0 atom stereocenters. The van der Waals surface area contributed by atoms with E-state index in [2.05, 4.69) is 66.5 Å². The second-order valence-electron chi connectivity index (χ2n) is 4.53. The van der Waals surface area contributed by atoms with Crippen molar-refractivity contribution in [3.05, 3.63) is 72.4 Å². The highest BCUT2D eigenvalue weighted by atomic mass is 14.7. The average Bonchev–Trinajstić information content (AvgIpc) is 2.94. The van der Waals surface area contributed by atoms with Crippen molar-refractivity contribution in [2.75, 3.05) is 0 Å². The third kappa shape index (κ3) is 2.07. The number of hydrogen-bond donors (Lipinski definition) is 1. The highest BCUT2D eigenvalue weighted by molar-refractivity contribution is 5.68. The molecule has 3 rings (SSSR count). The molecule has 3 aromatic rings. The zero-order valence-corrected chi connectivity index (χ0v) is 10.4. The van der Waals surface area contributed by atoms with Gasteiger partial charge in [0.25, 0.3) is 0 Å². The van der Waals surface area contributed by atoms with Crippen LogP contribution in [0.3, 0.4) is 0 Å². The van der Waals surface area contributed by atoms with Crippen molar-refractivity contribution < 1.29 is 0 Å². The lowest BCUT2D eigenvalue weighted by Crippen LogP contribution is -1.80. The van der Waals surface area contributed by atoms with Crippen LogP contribution in [0.2, 0.25) is 0 Å². The molecule has 88 valence electrons. The Morgan fingerprint density at radius 3 is 1.78 bits per heavy atom. The van der Waals surface area contributed by atoms with Crippen molar-refractivity contribution in [2.24, 2.45) is 0 Å². The van der Waals surface area contributed by atoms with Crippen LogP contribution in [0.5, 0.6) is 0 Å². The van der Waals surface area contributed by atoms with Gasteiger partial charge in [-0.15, -0.1) is 0 Å². The lowest BCUT2D eigenvalue weighted by atomic mass is 10.0. The van der Waals surface area contributed by atoms with Gasteiger partial charge in [-0.05, 0) is 35.7 Å². The predicted molar refractivity (Wildman–Crippen MR) is 76.4 cm³/mol. The van der Waals surface area contributed by atoms with Crippen LogP contribution >= 0.6 is 0 Å². The molecule has 0 radical (unpaired) electrons. The van der Waals surface area contributed by atoms with E-state index < -0.39 is 0 Å². The molecule has 0 fully saturated rings. The van der Waals surface area contributed by atoms with Gasteiger partial charge in [-0.1, -0.05) is 54.1 Å². The summed E-state index contributed by atoms with van der Waals surface area (Å²) in [6.07, 6.45) is 1.95. The Morgan fingerprint density at radius 1 is 0.667 bits per heavy atom. The molecule has 1 heteroatoms. The smallest absolute Gasteiger partial charge is 0.0453 e. The molecule has 0 saturated heterocycles. The van der Waals surface area contributed by atoms with Gasteiger partial charge >= 0.3 is 0 Å². The molecule has 0 amide bonds. The molecule has 2 aromatic carbocycles. The fraction of sp³-hybridized carbons (Fsp3) is 0.0588. The Balaban J connectivity index is 1.94. The largest absolute Gasteiger partial charge is 0.361 e. The van der Waals surface area contributed by atoms with Gasteiger partial charge in [0.1, 0.15) is 0 Å². The van der Waals surface area contributed by atoms with Gasteiger partial charge in [0.2, 0.25) is 0 Å². The molecule has 0 aliphatic carbocycles. The lowest BCUT2D eigenvalue weighted by Gasteiger charge is -2.04. The molecule has 0 spiro atoms. The van der Waals surface area contributed by atoms with Gasteiger partial charge in [0.15, 0.2) is 0 Å². The normalized spacial score (nSPS) is 10.5. The SMILES string of the molecule is Cc1ccc(-c2ccc(-c3ccc[nH]3)cc2)cc1. The molecular weight excluding hydrogens is 218 g/mol. The van der Waals surface area contributed by atoms with E-state index in [0.29, 0.717) is 0 Å². The lowest BCUT2D eigenvalue weighted by molar-refractivity contribution is 1.40. The molecule has 1 aromatic heterocycles. The van der Waals surface area contributed by atoms with E-state index in [1.807, 2.05) is 12.3 Å². The van der Waals surface area contributed by atoms with Crippen molar-refractivity contribution in [3.8, 4) is 22.4 Å². The van der Waals surface area contributed by atoms with Gasteiger partial charge < -0.3 is 4.98 Å². The number of benzene rings is 2. The van der Waals surface area contributed by atoms with Crippen LogP contribution in [0.15, 0.2) is 66.9 Å².